The lowest BCUT2D eigenvalue weighted by Crippen LogP contribution is -2.39. The molecule has 7 nitrogen and oxygen atoms in total. The molecule has 2 amide bonds. The summed E-state index contributed by atoms with van der Waals surface area (Å²) in [6.45, 7) is 6.87. The fourth-order valence-electron chi connectivity index (χ4n) is 5.41. The number of urea groups is 1. The highest BCUT2D eigenvalue weighted by molar-refractivity contribution is 6.01. The standard InChI is InChI=1S/C25H31N3O2.C9H10O2/c1-3-7-18(2)28-14-12-19(13-15-28)23-17-30-24-11-10-21(16-22(23)24)27-25(29)26-20-8-5-4-6-9-20;10-9(11)7-6-8-4-2-1-3-5-8/h4-6,8-11,16-19H,3,7,12-15H2,1-2H3,(H2,26,27,29);1-5H,6-7H2,(H,10,11). The third kappa shape index (κ3) is 8.95. The molecule has 1 fully saturated rings. The van der Waals surface area contributed by atoms with Gasteiger partial charge < -0.3 is 25.1 Å². The van der Waals surface area contributed by atoms with Gasteiger partial charge in [0.15, 0.2) is 0 Å². The van der Waals surface area contributed by atoms with Crippen molar-refractivity contribution in [3.05, 3.63) is 96.3 Å². The average Bonchev–Trinajstić information content (AvgIpc) is 3.41. The molecular weight excluding hydrogens is 514 g/mol. The molecule has 216 valence electrons. The highest BCUT2D eigenvalue weighted by Gasteiger charge is 2.25. The number of para-hydroxylation sites is 1. The zero-order valence-corrected chi connectivity index (χ0v) is 24.0. The van der Waals surface area contributed by atoms with Crippen molar-refractivity contribution in [1.82, 2.24) is 4.90 Å². The number of hydrogen-bond donors (Lipinski definition) is 3. The van der Waals surface area contributed by atoms with Crippen LogP contribution in [0.4, 0.5) is 16.2 Å². The molecular formula is C34H41N3O4. The molecule has 0 bridgehead atoms. The van der Waals surface area contributed by atoms with Crippen LogP contribution in [0.5, 0.6) is 0 Å². The lowest BCUT2D eigenvalue weighted by atomic mass is 9.88. The van der Waals surface area contributed by atoms with Gasteiger partial charge in [-0.25, -0.2) is 4.79 Å². The number of carbonyl (C=O) groups excluding carboxylic acids is 1. The minimum atomic E-state index is -0.742. The molecule has 1 unspecified atom stereocenters. The normalized spacial score (nSPS) is 14.6. The second-order valence-corrected chi connectivity index (χ2v) is 10.7. The van der Waals surface area contributed by atoms with Gasteiger partial charge >= 0.3 is 12.0 Å². The summed E-state index contributed by atoms with van der Waals surface area (Å²) in [6, 6.07) is 25.3. The van der Waals surface area contributed by atoms with E-state index in [9.17, 15) is 9.59 Å². The maximum Gasteiger partial charge on any atom is 0.323 e. The van der Waals surface area contributed by atoms with Crippen LogP contribution in [0.25, 0.3) is 11.0 Å². The summed E-state index contributed by atoms with van der Waals surface area (Å²) in [7, 11) is 0. The van der Waals surface area contributed by atoms with Crippen molar-refractivity contribution in [1.29, 1.82) is 0 Å². The highest BCUT2D eigenvalue weighted by atomic mass is 16.4. The monoisotopic (exact) mass is 555 g/mol. The summed E-state index contributed by atoms with van der Waals surface area (Å²) in [6.07, 6.45) is 7.54. The number of hydrogen-bond acceptors (Lipinski definition) is 4. The van der Waals surface area contributed by atoms with Gasteiger partial charge in [0.25, 0.3) is 0 Å². The van der Waals surface area contributed by atoms with Crippen LogP contribution in [0.1, 0.15) is 63.0 Å². The number of likely N-dealkylation sites (tertiary alicyclic amines) is 1. The molecule has 4 aromatic rings. The van der Waals surface area contributed by atoms with Crippen LogP contribution in [0.15, 0.2) is 89.5 Å². The molecule has 1 saturated heterocycles. The largest absolute Gasteiger partial charge is 0.481 e. The summed E-state index contributed by atoms with van der Waals surface area (Å²) >= 11 is 0. The number of anilines is 2. The molecule has 1 aliphatic rings. The topological polar surface area (TPSA) is 94.8 Å². The molecule has 1 aromatic heterocycles. The van der Waals surface area contributed by atoms with E-state index in [0.717, 1.165) is 53.8 Å². The fraction of sp³-hybridized carbons (Fsp3) is 0.353. The number of aliphatic carboxylic acids is 1. The summed E-state index contributed by atoms with van der Waals surface area (Å²) in [4.78, 5) is 25.1. The van der Waals surface area contributed by atoms with Gasteiger partial charge in [0.1, 0.15) is 5.58 Å². The first-order chi connectivity index (χ1) is 19.9. The summed E-state index contributed by atoms with van der Waals surface area (Å²) in [5, 5.41) is 15.3. The number of furan rings is 1. The Bertz CT molecular complexity index is 1380. The molecule has 7 heteroatoms. The maximum absolute atomic E-state index is 12.3. The lowest BCUT2D eigenvalue weighted by molar-refractivity contribution is -0.136. The number of benzene rings is 3. The zero-order valence-electron chi connectivity index (χ0n) is 24.0. The minimum Gasteiger partial charge on any atom is -0.481 e. The molecule has 0 saturated carbocycles. The highest BCUT2D eigenvalue weighted by Crippen LogP contribution is 2.36. The lowest BCUT2D eigenvalue weighted by Gasteiger charge is -2.36. The van der Waals surface area contributed by atoms with Crippen LogP contribution in [0.2, 0.25) is 0 Å². The Kier molecular flexibility index (Phi) is 11.0. The second kappa shape index (κ2) is 15.1. The van der Waals surface area contributed by atoms with Crippen LogP contribution < -0.4 is 10.6 Å². The van der Waals surface area contributed by atoms with E-state index in [2.05, 4.69) is 29.4 Å². The Labute approximate surface area is 242 Å². The number of carboxylic acids is 1. The van der Waals surface area contributed by atoms with Gasteiger partial charge in [-0.3, -0.25) is 4.79 Å². The number of aryl methyl sites for hydroxylation is 1. The van der Waals surface area contributed by atoms with Gasteiger partial charge in [0, 0.05) is 34.8 Å². The quantitative estimate of drug-likeness (QED) is 0.194. The molecule has 1 atom stereocenters. The van der Waals surface area contributed by atoms with Crippen molar-refractivity contribution in [2.75, 3.05) is 23.7 Å². The van der Waals surface area contributed by atoms with Gasteiger partial charge in [-0.05, 0) is 87.5 Å². The van der Waals surface area contributed by atoms with Crippen LogP contribution in [-0.2, 0) is 11.2 Å². The Morgan fingerprint density at radius 2 is 1.61 bits per heavy atom. The first-order valence-corrected chi connectivity index (χ1v) is 14.6. The van der Waals surface area contributed by atoms with E-state index in [1.807, 2.05) is 85.1 Å². The summed E-state index contributed by atoms with van der Waals surface area (Å²) < 4.78 is 5.83. The Hall–Kier alpha value is -4.10. The smallest absolute Gasteiger partial charge is 0.323 e. The van der Waals surface area contributed by atoms with Crippen molar-refractivity contribution >= 4 is 34.3 Å². The van der Waals surface area contributed by atoms with Crippen molar-refractivity contribution in [2.45, 2.75) is 64.3 Å². The first kappa shape index (κ1) is 29.9. The van der Waals surface area contributed by atoms with E-state index in [1.165, 1.54) is 18.4 Å². The van der Waals surface area contributed by atoms with Gasteiger partial charge in [0.05, 0.1) is 6.26 Å². The molecule has 5 rings (SSSR count). The van der Waals surface area contributed by atoms with E-state index in [0.29, 0.717) is 18.4 Å². The minimum absolute atomic E-state index is 0.212. The molecule has 2 heterocycles. The van der Waals surface area contributed by atoms with Crippen molar-refractivity contribution in [2.24, 2.45) is 0 Å². The number of amides is 2. The van der Waals surface area contributed by atoms with E-state index in [1.54, 1.807) is 0 Å². The number of fused-ring (bicyclic) bond motifs is 1. The van der Waals surface area contributed by atoms with Crippen LogP contribution in [0, 0.1) is 0 Å². The predicted octanol–water partition coefficient (Wildman–Crippen LogP) is 8.15. The van der Waals surface area contributed by atoms with Gasteiger partial charge in [-0.15, -0.1) is 0 Å². The van der Waals surface area contributed by atoms with Gasteiger partial charge in [-0.1, -0.05) is 61.9 Å². The van der Waals surface area contributed by atoms with E-state index >= 15 is 0 Å². The number of piperidine rings is 1. The molecule has 3 N–H and O–H groups in total. The average molecular weight is 556 g/mol. The second-order valence-electron chi connectivity index (χ2n) is 10.7. The number of carboxylic acid groups (broad SMARTS) is 1. The van der Waals surface area contributed by atoms with Crippen LogP contribution >= 0.6 is 0 Å². The Balaban J connectivity index is 0.000000296. The van der Waals surface area contributed by atoms with Crippen molar-refractivity contribution in [3.8, 4) is 0 Å². The fourth-order valence-corrected chi connectivity index (χ4v) is 5.41. The molecule has 3 aromatic carbocycles. The zero-order chi connectivity index (χ0) is 29.0. The predicted molar refractivity (Wildman–Crippen MR) is 166 cm³/mol. The van der Waals surface area contributed by atoms with Crippen molar-refractivity contribution in [3.63, 3.8) is 0 Å². The SMILES string of the molecule is CCCC(C)N1CCC(c2coc3ccc(NC(=O)Nc4ccccc4)cc23)CC1.O=C(O)CCc1ccccc1. The van der Waals surface area contributed by atoms with Crippen molar-refractivity contribution < 1.29 is 19.1 Å². The first-order valence-electron chi connectivity index (χ1n) is 14.6. The third-order valence-corrected chi connectivity index (χ3v) is 7.66. The van der Waals surface area contributed by atoms with Crippen LogP contribution in [-0.4, -0.2) is 41.1 Å². The third-order valence-electron chi connectivity index (χ3n) is 7.66. The number of carbonyl (C=O) groups is 2. The molecule has 0 aliphatic carbocycles. The number of nitrogens with zero attached hydrogens (tertiary/aromatic N) is 1. The molecule has 0 radical (unpaired) electrons. The summed E-state index contributed by atoms with van der Waals surface area (Å²) in [5.74, 6) is -0.237. The van der Waals surface area contributed by atoms with Crippen LogP contribution in [0.3, 0.4) is 0 Å². The Morgan fingerprint density at radius 3 is 2.27 bits per heavy atom. The maximum atomic E-state index is 12.3. The number of rotatable bonds is 9. The summed E-state index contributed by atoms with van der Waals surface area (Å²) in [5.41, 5.74) is 4.76. The van der Waals surface area contributed by atoms with Gasteiger partial charge in [-0.2, -0.15) is 0 Å². The van der Waals surface area contributed by atoms with E-state index < -0.39 is 5.97 Å². The van der Waals surface area contributed by atoms with Gasteiger partial charge in [0.2, 0.25) is 0 Å². The molecule has 0 spiro atoms. The molecule has 41 heavy (non-hydrogen) atoms. The van der Waals surface area contributed by atoms with E-state index in [4.69, 9.17) is 9.52 Å². The molecule has 1 aliphatic heterocycles. The number of nitrogens with one attached hydrogen (secondary N) is 2. The van der Waals surface area contributed by atoms with E-state index in [-0.39, 0.29) is 12.5 Å². The Morgan fingerprint density at radius 1 is 0.951 bits per heavy atom.